The summed E-state index contributed by atoms with van der Waals surface area (Å²) in [7, 11) is 2.01. The van der Waals surface area contributed by atoms with Crippen LogP contribution in [0.1, 0.15) is 159 Å². The summed E-state index contributed by atoms with van der Waals surface area (Å²) >= 11 is 0. The molecule has 168 valence electrons. The molecule has 2 unspecified atom stereocenters. The average Bonchev–Trinajstić information content (AvgIpc) is 3.62. The van der Waals surface area contributed by atoms with E-state index in [1.54, 1.807) is 0 Å². The molecule has 0 nitrogen and oxygen atoms in total. The van der Waals surface area contributed by atoms with E-state index < -0.39 is 0 Å². The van der Waals surface area contributed by atoms with Crippen molar-refractivity contribution in [3.05, 3.63) is 44.4 Å². The van der Waals surface area contributed by atoms with Gasteiger partial charge in [-0.15, -0.1) is 16.4 Å². The van der Waals surface area contributed by atoms with Gasteiger partial charge >= 0.3 is 0 Å². The number of rotatable bonds is 6. The van der Waals surface area contributed by atoms with Crippen LogP contribution >= 0.6 is 16.4 Å². The number of hydrogen-bond acceptors (Lipinski definition) is 0. The Morgan fingerprint density at radius 2 is 0.806 bits per heavy atom. The molecule has 2 aromatic rings. The van der Waals surface area contributed by atoms with Crippen molar-refractivity contribution in [3.63, 3.8) is 0 Å². The van der Waals surface area contributed by atoms with Crippen LogP contribution in [0.15, 0.2) is 11.6 Å². The molecule has 4 aliphatic carbocycles. The molecule has 0 spiro atoms. The van der Waals surface area contributed by atoms with Crippen molar-refractivity contribution < 1.29 is 0 Å². The molecule has 0 N–H and O–H groups in total. The van der Waals surface area contributed by atoms with Crippen molar-refractivity contribution in [2.45, 2.75) is 133 Å². The van der Waals surface area contributed by atoms with E-state index in [2.05, 4.69) is 11.6 Å². The highest BCUT2D eigenvalue weighted by Gasteiger charge is 2.31. The van der Waals surface area contributed by atoms with Crippen LogP contribution in [-0.4, -0.2) is 0 Å². The van der Waals surface area contributed by atoms with E-state index in [1.807, 2.05) is 32.8 Å². The molecule has 2 aromatic heterocycles. The first-order chi connectivity index (χ1) is 15.4. The van der Waals surface area contributed by atoms with Crippen LogP contribution in [0, 0.1) is 0 Å². The maximum atomic E-state index is 2.75. The molecule has 31 heavy (non-hydrogen) atoms. The summed E-state index contributed by atoms with van der Waals surface area (Å²) in [6.45, 7) is 0. The highest BCUT2D eigenvalue weighted by atomic mass is 31.0. The van der Waals surface area contributed by atoms with Gasteiger partial charge in [0.1, 0.15) is 0 Å². The molecule has 0 aromatic carbocycles. The molecule has 2 heteroatoms. The molecule has 2 heterocycles. The molecular formula is C29H42P2. The fourth-order valence-electron chi connectivity index (χ4n) is 8.00. The summed E-state index contributed by atoms with van der Waals surface area (Å²) in [6.07, 6.45) is 25.0. The van der Waals surface area contributed by atoms with E-state index in [1.165, 1.54) is 109 Å². The van der Waals surface area contributed by atoms with Crippen molar-refractivity contribution in [2.24, 2.45) is 0 Å². The summed E-state index contributed by atoms with van der Waals surface area (Å²) in [5, 5.41) is 3.82. The first-order valence-corrected chi connectivity index (χ1v) is 15.9. The van der Waals surface area contributed by atoms with Gasteiger partial charge in [0.25, 0.3) is 0 Å². The maximum absolute atomic E-state index is 2.75. The predicted molar refractivity (Wildman–Crippen MR) is 140 cm³/mol. The summed E-state index contributed by atoms with van der Waals surface area (Å²) in [6, 6.07) is 0. The Hall–Kier alpha value is -0.440. The zero-order valence-electron chi connectivity index (χ0n) is 19.5. The molecule has 2 atom stereocenters. The van der Waals surface area contributed by atoms with E-state index in [4.69, 9.17) is 0 Å². The first-order valence-electron chi connectivity index (χ1n) is 13.8. The normalized spacial score (nSPS) is 24.8. The summed E-state index contributed by atoms with van der Waals surface area (Å²) < 4.78 is 0. The molecular weight excluding hydrogens is 410 g/mol. The minimum absolute atomic E-state index is 0.916. The van der Waals surface area contributed by atoms with Crippen LogP contribution in [0.25, 0.3) is 0 Å². The summed E-state index contributed by atoms with van der Waals surface area (Å²) in [4.78, 5) is 0. The maximum Gasteiger partial charge on any atom is 0.00503 e. The Morgan fingerprint density at radius 3 is 1.16 bits per heavy atom. The quantitative estimate of drug-likeness (QED) is 0.409. The van der Waals surface area contributed by atoms with Gasteiger partial charge in [-0.3, -0.25) is 0 Å². The smallest absolute Gasteiger partial charge is 0.00503 e. The van der Waals surface area contributed by atoms with Crippen LogP contribution in [0.4, 0.5) is 0 Å². The highest BCUT2D eigenvalue weighted by Crippen LogP contribution is 2.51. The van der Waals surface area contributed by atoms with Gasteiger partial charge in [0.2, 0.25) is 0 Å². The van der Waals surface area contributed by atoms with Gasteiger partial charge in [0, 0.05) is 6.42 Å². The van der Waals surface area contributed by atoms with Gasteiger partial charge in [-0.1, -0.05) is 51.4 Å². The molecule has 4 saturated carbocycles. The van der Waals surface area contributed by atoms with Crippen LogP contribution in [0.3, 0.4) is 0 Å². The predicted octanol–water partition coefficient (Wildman–Crippen LogP) is 9.97. The van der Waals surface area contributed by atoms with E-state index in [0.717, 1.165) is 40.1 Å². The van der Waals surface area contributed by atoms with Crippen LogP contribution in [-0.2, 0) is 6.42 Å². The Bertz CT molecular complexity index is 790. The van der Waals surface area contributed by atoms with E-state index in [-0.39, 0.29) is 0 Å². The standard InChI is InChI=1S/C29H42P2/c1-2-10-20(9-1)24-18-30-26(28(24)22-13-5-6-14-22)17-27-29(23-15-7-8-16-23)25(19-31-27)21-11-3-4-12-21/h18-23,30-31H,1-17H2. The van der Waals surface area contributed by atoms with Crippen LogP contribution in [0.5, 0.6) is 0 Å². The van der Waals surface area contributed by atoms with E-state index in [9.17, 15) is 0 Å². The lowest BCUT2D eigenvalue weighted by Gasteiger charge is -2.21. The summed E-state index contributed by atoms with van der Waals surface area (Å²) in [5.74, 6) is 9.17. The van der Waals surface area contributed by atoms with Gasteiger partial charge in [-0.2, -0.15) is 0 Å². The zero-order valence-corrected chi connectivity index (χ0v) is 21.5. The molecule has 4 fully saturated rings. The molecule has 0 radical (unpaired) electrons. The lowest BCUT2D eigenvalue weighted by atomic mass is 9.84. The third-order valence-corrected chi connectivity index (χ3v) is 12.0. The molecule has 6 rings (SSSR count). The zero-order chi connectivity index (χ0) is 20.6. The Balaban J connectivity index is 1.36. The van der Waals surface area contributed by atoms with Crippen molar-refractivity contribution in [1.82, 2.24) is 0 Å². The van der Waals surface area contributed by atoms with Gasteiger partial charge in [-0.25, -0.2) is 0 Å². The van der Waals surface area contributed by atoms with Crippen molar-refractivity contribution >= 4 is 16.4 Å². The van der Waals surface area contributed by atoms with Crippen LogP contribution in [0.2, 0.25) is 0 Å². The summed E-state index contributed by atoms with van der Waals surface area (Å²) in [5.41, 5.74) is 7.59. The second-order valence-electron chi connectivity index (χ2n) is 11.4. The van der Waals surface area contributed by atoms with E-state index in [0.29, 0.717) is 0 Å². The molecule has 0 aliphatic heterocycles. The van der Waals surface area contributed by atoms with Gasteiger partial charge in [-0.05, 0) is 119 Å². The minimum Gasteiger partial charge on any atom is -0.136 e. The molecule has 0 bridgehead atoms. The van der Waals surface area contributed by atoms with E-state index >= 15 is 0 Å². The van der Waals surface area contributed by atoms with Crippen molar-refractivity contribution in [2.75, 3.05) is 0 Å². The first kappa shape index (κ1) is 21.1. The largest absolute Gasteiger partial charge is 0.136 e. The third-order valence-electron chi connectivity index (χ3n) is 9.55. The van der Waals surface area contributed by atoms with Gasteiger partial charge in [0.15, 0.2) is 0 Å². The highest BCUT2D eigenvalue weighted by molar-refractivity contribution is 7.31. The fourth-order valence-corrected chi connectivity index (χ4v) is 11.2. The second-order valence-corrected chi connectivity index (χ2v) is 13.7. The Morgan fingerprint density at radius 1 is 0.484 bits per heavy atom. The van der Waals surface area contributed by atoms with Crippen molar-refractivity contribution in [1.29, 1.82) is 0 Å². The van der Waals surface area contributed by atoms with Gasteiger partial charge in [0.05, 0.1) is 0 Å². The van der Waals surface area contributed by atoms with Gasteiger partial charge < -0.3 is 0 Å². The average molecular weight is 453 g/mol. The fraction of sp³-hybridized carbons (Fsp3) is 0.724. The van der Waals surface area contributed by atoms with Crippen LogP contribution < -0.4 is 0 Å². The third kappa shape index (κ3) is 4.15. The molecule has 0 saturated heterocycles. The Labute approximate surface area is 193 Å². The second kappa shape index (κ2) is 9.43. The number of hydrogen-bond donors (Lipinski definition) is 0. The lowest BCUT2D eigenvalue weighted by molar-refractivity contribution is 0.660. The van der Waals surface area contributed by atoms with Crippen molar-refractivity contribution in [3.8, 4) is 0 Å². The molecule has 4 aliphatic rings. The molecule has 0 amide bonds. The Kier molecular flexibility index (Phi) is 6.43. The minimum atomic E-state index is 0.916. The SMILES string of the molecule is c1[pH]c(Cc2[pH]cc(C3CCCC3)c2C2CCCC2)c(C2CCCC2)c1C1CCCC1. The lowest BCUT2D eigenvalue weighted by Crippen LogP contribution is -2.05. The topological polar surface area (TPSA) is 0 Å². The monoisotopic (exact) mass is 452 g/mol.